The normalized spacial score (nSPS) is 23.9. The Morgan fingerprint density at radius 1 is 1.13 bits per heavy atom. The van der Waals surface area contributed by atoms with Crippen LogP contribution in [0.4, 0.5) is 5.82 Å². The molecule has 1 aromatic carbocycles. The van der Waals surface area contributed by atoms with Crippen molar-refractivity contribution in [2.75, 3.05) is 18.5 Å². The number of para-hydroxylation sites is 1. The lowest BCUT2D eigenvalue weighted by Gasteiger charge is -2.29. The van der Waals surface area contributed by atoms with Crippen LogP contribution in [-0.2, 0) is 6.42 Å². The van der Waals surface area contributed by atoms with Gasteiger partial charge in [-0.15, -0.1) is 0 Å². The van der Waals surface area contributed by atoms with E-state index in [9.17, 15) is 10.0 Å². The molecule has 38 heavy (non-hydrogen) atoms. The predicted octanol–water partition coefficient (Wildman–Crippen LogP) is 5.90. The highest BCUT2D eigenvalue weighted by molar-refractivity contribution is 6.06. The molecule has 1 fully saturated rings. The Hall–Kier alpha value is -3.61. The molecule has 7 nitrogen and oxygen atoms in total. The first-order valence-electron chi connectivity index (χ1n) is 13.9. The van der Waals surface area contributed by atoms with E-state index in [0.29, 0.717) is 42.6 Å². The van der Waals surface area contributed by atoms with Crippen molar-refractivity contribution in [2.24, 2.45) is 17.0 Å². The Balaban J connectivity index is 1.38. The van der Waals surface area contributed by atoms with E-state index in [1.54, 1.807) is 0 Å². The number of carbonyl (C=O) groups excluding carboxylic acids is 1. The topological polar surface area (TPSA) is 95.8 Å². The summed E-state index contributed by atoms with van der Waals surface area (Å²) in [4.78, 5) is 18.5. The molecule has 1 heterocycles. The van der Waals surface area contributed by atoms with Crippen molar-refractivity contribution >= 4 is 17.4 Å². The van der Waals surface area contributed by atoms with Crippen LogP contribution in [0.5, 0.6) is 5.75 Å². The Labute approximate surface area is 225 Å². The van der Waals surface area contributed by atoms with Crippen LogP contribution in [0.3, 0.4) is 0 Å². The maximum Gasteiger partial charge on any atom is 0.255 e. The van der Waals surface area contributed by atoms with Gasteiger partial charge in [-0.05, 0) is 80.6 Å². The maximum absolute atomic E-state index is 13.5. The van der Waals surface area contributed by atoms with Gasteiger partial charge in [-0.3, -0.25) is 4.79 Å². The van der Waals surface area contributed by atoms with Gasteiger partial charge in [0.15, 0.2) is 0 Å². The van der Waals surface area contributed by atoms with Crippen LogP contribution in [0.2, 0.25) is 0 Å². The minimum absolute atomic E-state index is 0.135. The number of nitrogens with one attached hydrogen (secondary N) is 2. The molecule has 1 amide bonds. The number of allylic oxidation sites excluding steroid dienone is 4. The molecule has 0 radical (unpaired) electrons. The van der Waals surface area contributed by atoms with Crippen LogP contribution in [0, 0.1) is 11.8 Å². The minimum Gasteiger partial charge on any atom is -0.492 e. The fourth-order valence-corrected chi connectivity index (χ4v) is 5.70. The smallest absolute Gasteiger partial charge is 0.255 e. The van der Waals surface area contributed by atoms with E-state index in [1.807, 2.05) is 36.4 Å². The molecule has 2 aromatic rings. The number of hydrogen-bond acceptors (Lipinski definition) is 6. The summed E-state index contributed by atoms with van der Waals surface area (Å²) < 4.78 is 5.85. The second-order valence-corrected chi connectivity index (χ2v) is 10.7. The molecule has 1 atom stereocenters. The average molecular weight is 515 g/mol. The lowest BCUT2D eigenvalue weighted by atomic mass is 9.79. The van der Waals surface area contributed by atoms with Crippen LogP contribution in [0.1, 0.15) is 73.5 Å². The number of nitrogens with zero attached hydrogens (tertiary/aromatic N) is 2. The van der Waals surface area contributed by atoms with Crippen molar-refractivity contribution in [3.05, 3.63) is 77.0 Å². The van der Waals surface area contributed by atoms with Crippen molar-refractivity contribution in [2.45, 2.75) is 64.3 Å². The number of aromatic nitrogens is 1. The molecule has 0 saturated heterocycles. The minimum atomic E-state index is -0.135. The second-order valence-electron chi connectivity index (χ2n) is 10.7. The summed E-state index contributed by atoms with van der Waals surface area (Å²) in [7, 11) is 0. The van der Waals surface area contributed by atoms with E-state index in [-0.39, 0.29) is 17.9 Å². The van der Waals surface area contributed by atoms with Gasteiger partial charge >= 0.3 is 0 Å². The summed E-state index contributed by atoms with van der Waals surface area (Å²) in [6.45, 7) is 3.21. The van der Waals surface area contributed by atoms with Gasteiger partial charge in [0.1, 0.15) is 18.2 Å². The van der Waals surface area contributed by atoms with Crippen LogP contribution >= 0.6 is 0 Å². The molecule has 200 valence electrons. The van der Waals surface area contributed by atoms with Gasteiger partial charge in [0.2, 0.25) is 0 Å². The Kier molecular flexibility index (Phi) is 8.41. The monoisotopic (exact) mass is 514 g/mol. The van der Waals surface area contributed by atoms with Crippen LogP contribution in [0.15, 0.2) is 65.4 Å². The van der Waals surface area contributed by atoms with E-state index in [2.05, 4.69) is 40.9 Å². The highest BCUT2D eigenvalue weighted by Crippen LogP contribution is 2.34. The van der Waals surface area contributed by atoms with Crippen molar-refractivity contribution < 1.29 is 14.7 Å². The highest BCUT2D eigenvalue weighted by Gasteiger charge is 2.30. The molecule has 0 aliphatic heterocycles. The van der Waals surface area contributed by atoms with Gasteiger partial charge in [0.25, 0.3) is 5.91 Å². The third-order valence-electron chi connectivity index (χ3n) is 7.91. The summed E-state index contributed by atoms with van der Waals surface area (Å²) in [6, 6.07) is 11.7. The van der Waals surface area contributed by atoms with E-state index in [0.717, 1.165) is 62.0 Å². The maximum atomic E-state index is 13.5. The molecule has 7 heteroatoms. The first-order chi connectivity index (χ1) is 18.6. The number of pyridine rings is 1. The average Bonchev–Trinajstić information content (AvgIpc) is 2.96. The summed E-state index contributed by atoms with van der Waals surface area (Å²) in [5.74, 6) is 2.13. The summed E-state index contributed by atoms with van der Waals surface area (Å²) >= 11 is 0. The van der Waals surface area contributed by atoms with E-state index in [1.165, 1.54) is 5.57 Å². The number of anilines is 1. The fraction of sp³-hybridized carbons (Fsp3) is 0.452. The molecular formula is C31H38N4O3. The van der Waals surface area contributed by atoms with Crippen LogP contribution in [-0.4, -0.2) is 41.0 Å². The molecule has 3 aliphatic carbocycles. The standard InChI is InChI=1S/C31H38N4O3/c1-21-12-14-24(15-13-21)33-31(36)27-20-26-28(18-23(19-29(26)35-37)22-8-4-2-5-9-22)34-30(27)32-16-17-38-25-10-6-3-7-11-25/h3-4,6-11,20-21,23-24,37H,2,5,12-19H2,1H3,(H,32,34)(H,33,36)/b35-29+. The van der Waals surface area contributed by atoms with Crippen molar-refractivity contribution in [3.8, 4) is 5.75 Å². The molecule has 3 N–H and O–H groups in total. The van der Waals surface area contributed by atoms with Gasteiger partial charge in [0.05, 0.1) is 23.5 Å². The lowest BCUT2D eigenvalue weighted by molar-refractivity contribution is 0.0923. The number of carbonyl (C=O) groups is 1. The van der Waals surface area contributed by atoms with Crippen molar-refractivity contribution in [3.63, 3.8) is 0 Å². The molecule has 5 rings (SSSR count). The van der Waals surface area contributed by atoms with Crippen LogP contribution < -0.4 is 15.4 Å². The zero-order valence-electron chi connectivity index (χ0n) is 22.2. The fourth-order valence-electron chi connectivity index (χ4n) is 5.70. The molecule has 1 aromatic heterocycles. The molecule has 3 aliphatic rings. The number of oxime groups is 1. The van der Waals surface area contributed by atoms with E-state index in [4.69, 9.17) is 9.72 Å². The number of amides is 1. The zero-order chi connectivity index (χ0) is 26.3. The second kappa shape index (κ2) is 12.3. The number of rotatable bonds is 8. The first-order valence-corrected chi connectivity index (χ1v) is 13.9. The molecule has 0 spiro atoms. The van der Waals surface area contributed by atoms with Gasteiger partial charge in [-0.1, -0.05) is 48.5 Å². The van der Waals surface area contributed by atoms with Crippen LogP contribution in [0.25, 0.3) is 0 Å². The third kappa shape index (κ3) is 6.26. The largest absolute Gasteiger partial charge is 0.492 e. The van der Waals surface area contributed by atoms with Gasteiger partial charge in [0, 0.05) is 18.0 Å². The number of benzene rings is 1. The SMILES string of the molecule is CC1CCC(NC(=O)c2cc3c(nc2NCCOc2ccccc2)CC(C2=CCCC=C2)C/C3=N\O)CC1. The molecular weight excluding hydrogens is 476 g/mol. The van der Waals surface area contributed by atoms with Crippen molar-refractivity contribution in [1.29, 1.82) is 0 Å². The number of hydrogen-bond donors (Lipinski definition) is 3. The predicted molar refractivity (Wildman–Crippen MR) is 150 cm³/mol. The lowest BCUT2D eigenvalue weighted by Crippen LogP contribution is -2.38. The van der Waals surface area contributed by atoms with E-state index >= 15 is 0 Å². The summed E-state index contributed by atoms with van der Waals surface area (Å²) in [5, 5.41) is 20.2. The zero-order valence-corrected chi connectivity index (χ0v) is 22.2. The van der Waals surface area contributed by atoms with Crippen molar-refractivity contribution in [1.82, 2.24) is 10.3 Å². The summed E-state index contributed by atoms with van der Waals surface area (Å²) in [5.41, 5.74) is 3.95. The molecule has 0 bridgehead atoms. The molecule has 1 saturated carbocycles. The highest BCUT2D eigenvalue weighted by atomic mass is 16.5. The van der Waals surface area contributed by atoms with Gasteiger partial charge < -0.3 is 20.6 Å². The molecule has 1 unspecified atom stereocenters. The van der Waals surface area contributed by atoms with Gasteiger partial charge in [-0.2, -0.15) is 0 Å². The number of fused-ring (bicyclic) bond motifs is 1. The first kappa shape index (κ1) is 26.0. The Morgan fingerprint density at radius 3 is 2.68 bits per heavy atom. The Bertz CT molecular complexity index is 1210. The van der Waals surface area contributed by atoms with Gasteiger partial charge in [-0.25, -0.2) is 4.98 Å². The number of ether oxygens (including phenoxy) is 1. The quantitative estimate of drug-likeness (QED) is 0.232. The third-order valence-corrected chi connectivity index (χ3v) is 7.91. The summed E-state index contributed by atoms with van der Waals surface area (Å²) in [6.07, 6.45) is 14.4. The Morgan fingerprint density at radius 2 is 1.95 bits per heavy atom. The van der Waals surface area contributed by atoms with E-state index < -0.39 is 0 Å².